The van der Waals surface area contributed by atoms with Gasteiger partial charge in [0.25, 0.3) is 0 Å². The minimum Gasteiger partial charge on any atom is -0.492 e. The number of hydrogen-bond acceptors (Lipinski definition) is 2. The van der Waals surface area contributed by atoms with Crippen molar-refractivity contribution >= 4 is 15.9 Å². The van der Waals surface area contributed by atoms with Gasteiger partial charge in [-0.1, -0.05) is 22.9 Å². The van der Waals surface area contributed by atoms with E-state index in [9.17, 15) is 0 Å². The molecule has 0 bridgehead atoms. The van der Waals surface area contributed by atoms with E-state index in [1.807, 2.05) is 24.3 Å². The average Bonchev–Trinajstić information content (AvgIpc) is 2.90. The Morgan fingerprint density at radius 1 is 1.25 bits per heavy atom. The van der Waals surface area contributed by atoms with E-state index >= 15 is 0 Å². The van der Waals surface area contributed by atoms with E-state index < -0.39 is 0 Å². The Morgan fingerprint density at radius 3 is 2.70 bits per heavy atom. The summed E-state index contributed by atoms with van der Waals surface area (Å²) in [5.74, 6) is 0.904. The highest BCUT2D eigenvalue weighted by atomic mass is 79.9. The summed E-state index contributed by atoms with van der Waals surface area (Å²) >= 11 is 3.42. The van der Waals surface area contributed by atoms with Gasteiger partial charge in [-0.15, -0.1) is 0 Å². The zero-order valence-corrected chi connectivity index (χ0v) is 13.6. The van der Waals surface area contributed by atoms with Crippen molar-refractivity contribution in [3.05, 3.63) is 52.8 Å². The van der Waals surface area contributed by atoms with Gasteiger partial charge in [0.05, 0.1) is 6.54 Å². The first kappa shape index (κ1) is 15.1. The van der Waals surface area contributed by atoms with Crippen LogP contribution in [-0.4, -0.2) is 17.7 Å². The summed E-state index contributed by atoms with van der Waals surface area (Å²) in [7, 11) is 0. The van der Waals surface area contributed by atoms with Crippen molar-refractivity contribution in [3.8, 4) is 5.75 Å². The zero-order valence-electron chi connectivity index (χ0n) is 12.0. The fourth-order valence-electron chi connectivity index (χ4n) is 2.23. The Labute approximate surface area is 129 Å². The molecule has 0 aliphatic carbocycles. The Morgan fingerprint density at radius 2 is 2.00 bits per heavy atom. The average molecular weight is 337 g/mol. The first-order valence-electron chi connectivity index (χ1n) is 6.97. The van der Waals surface area contributed by atoms with Gasteiger partial charge in [0.1, 0.15) is 12.4 Å². The molecule has 0 radical (unpaired) electrons. The van der Waals surface area contributed by atoms with Gasteiger partial charge in [-0.2, -0.15) is 0 Å². The predicted molar refractivity (Wildman–Crippen MR) is 86.2 cm³/mol. The number of ether oxygens (including phenoxy) is 1. The van der Waals surface area contributed by atoms with Gasteiger partial charge >= 0.3 is 0 Å². The van der Waals surface area contributed by atoms with Crippen LogP contribution in [0.1, 0.15) is 25.6 Å². The van der Waals surface area contributed by atoms with Crippen LogP contribution in [0.4, 0.5) is 0 Å². The molecule has 1 aromatic heterocycles. The predicted octanol–water partition coefficient (Wildman–Crippen LogP) is 4.00. The normalized spacial score (nSPS) is 12.3. The van der Waals surface area contributed by atoms with E-state index in [2.05, 4.69) is 58.0 Å². The van der Waals surface area contributed by atoms with Crippen LogP contribution in [0.3, 0.4) is 0 Å². The summed E-state index contributed by atoms with van der Waals surface area (Å²) in [5.41, 5.74) is 1.30. The summed E-state index contributed by atoms with van der Waals surface area (Å²) in [6.07, 6.45) is 2.11. The van der Waals surface area contributed by atoms with Gasteiger partial charge in [0.2, 0.25) is 0 Å². The Bertz CT molecular complexity index is 522. The number of benzene rings is 1. The van der Waals surface area contributed by atoms with Gasteiger partial charge in [0, 0.05) is 22.4 Å². The molecular formula is C16H21BrN2O. The maximum atomic E-state index is 5.77. The van der Waals surface area contributed by atoms with Crippen LogP contribution in [0, 0.1) is 0 Å². The lowest BCUT2D eigenvalue weighted by Crippen LogP contribution is -2.21. The first-order valence-corrected chi connectivity index (χ1v) is 7.76. The molecule has 0 spiro atoms. The largest absolute Gasteiger partial charge is 0.492 e. The quantitative estimate of drug-likeness (QED) is 0.826. The fourth-order valence-corrected chi connectivity index (χ4v) is 2.49. The maximum absolute atomic E-state index is 5.77. The number of halogens is 1. The second-order valence-corrected chi connectivity index (χ2v) is 5.62. The van der Waals surface area contributed by atoms with Crippen LogP contribution >= 0.6 is 15.9 Å². The standard InChI is InChI=1S/C16H21BrN2O/c1-3-18-13(2)16-5-4-10-19(16)11-12-20-15-8-6-14(17)7-9-15/h4-10,13,18H,3,11-12H2,1-2H3. The molecule has 1 atom stereocenters. The minimum absolute atomic E-state index is 0.364. The number of nitrogens with one attached hydrogen (secondary N) is 1. The van der Waals surface area contributed by atoms with E-state index in [4.69, 9.17) is 4.74 Å². The third-order valence-electron chi connectivity index (χ3n) is 3.23. The monoisotopic (exact) mass is 336 g/mol. The lowest BCUT2D eigenvalue weighted by atomic mass is 10.2. The summed E-state index contributed by atoms with van der Waals surface area (Å²) in [6.45, 7) is 6.81. The van der Waals surface area contributed by atoms with Gasteiger partial charge in [-0.25, -0.2) is 0 Å². The van der Waals surface area contributed by atoms with E-state index in [1.54, 1.807) is 0 Å². The van der Waals surface area contributed by atoms with Crippen molar-refractivity contribution in [2.24, 2.45) is 0 Å². The highest BCUT2D eigenvalue weighted by Crippen LogP contribution is 2.17. The van der Waals surface area contributed by atoms with Crippen LogP contribution in [0.5, 0.6) is 5.75 Å². The van der Waals surface area contributed by atoms with Gasteiger partial charge < -0.3 is 14.6 Å². The molecule has 4 heteroatoms. The van der Waals surface area contributed by atoms with Gasteiger partial charge in [0.15, 0.2) is 0 Å². The maximum Gasteiger partial charge on any atom is 0.119 e. The topological polar surface area (TPSA) is 26.2 Å². The van der Waals surface area contributed by atoms with E-state index in [0.29, 0.717) is 12.6 Å². The Hall–Kier alpha value is -1.26. The minimum atomic E-state index is 0.364. The fraction of sp³-hybridized carbons (Fsp3) is 0.375. The third kappa shape index (κ3) is 4.12. The second-order valence-electron chi connectivity index (χ2n) is 4.71. The number of aromatic nitrogens is 1. The summed E-state index contributed by atoms with van der Waals surface area (Å²) in [5, 5.41) is 3.44. The number of rotatable bonds is 7. The van der Waals surface area contributed by atoms with Crippen LogP contribution in [-0.2, 0) is 6.54 Å². The smallest absolute Gasteiger partial charge is 0.119 e. The van der Waals surface area contributed by atoms with Gasteiger partial charge in [-0.3, -0.25) is 0 Å². The van der Waals surface area contributed by atoms with E-state index in [1.165, 1.54) is 5.69 Å². The zero-order chi connectivity index (χ0) is 14.4. The molecule has 1 heterocycles. The van der Waals surface area contributed by atoms with Crippen molar-refractivity contribution in [3.63, 3.8) is 0 Å². The van der Waals surface area contributed by atoms with Crippen LogP contribution in [0.2, 0.25) is 0 Å². The summed E-state index contributed by atoms with van der Waals surface area (Å²) in [6, 6.07) is 12.5. The molecule has 0 aliphatic rings. The second kappa shape index (κ2) is 7.50. The van der Waals surface area contributed by atoms with Crippen molar-refractivity contribution in [2.45, 2.75) is 26.4 Å². The molecule has 1 unspecified atom stereocenters. The first-order chi connectivity index (χ1) is 9.70. The van der Waals surface area contributed by atoms with Gasteiger partial charge in [-0.05, 0) is 49.9 Å². The van der Waals surface area contributed by atoms with Crippen molar-refractivity contribution in [2.75, 3.05) is 13.2 Å². The number of nitrogens with zero attached hydrogens (tertiary/aromatic N) is 1. The van der Waals surface area contributed by atoms with Crippen LogP contribution < -0.4 is 10.1 Å². The lowest BCUT2D eigenvalue weighted by molar-refractivity contribution is 0.295. The summed E-state index contributed by atoms with van der Waals surface area (Å²) < 4.78 is 9.08. The van der Waals surface area contributed by atoms with Crippen LogP contribution in [0.15, 0.2) is 47.1 Å². The SMILES string of the molecule is CCNC(C)c1cccn1CCOc1ccc(Br)cc1. The molecule has 1 aromatic carbocycles. The van der Waals surface area contributed by atoms with E-state index in [-0.39, 0.29) is 0 Å². The highest BCUT2D eigenvalue weighted by Gasteiger charge is 2.08. The van der Waals surface area contributed by atoms with E-state index in [0.717, 1.165) is 23.3 Å². The third-order valence-corrected chi connectivity index (χ3v) is 3.76. The molecule has 20 heavy (non-hydrogen) atoms. The number of hydrogen-bond donors (Lipinski definition) is 1. The van der Waals surface area contributed by atoms with Crippen molar-refractivity contribution in [1.29, 1.82) is 0 Å². The van der Waals surface area contributed by atoms with Crippen LogP contribution in [0.25, 0.3) is 0 Å². The molecule has 0 aliphatic heterocycles. The molecule has 0 amide bonds. The lowest BCUT2D eigenvalue weighted by Gasteiger charge is -2.16. The molecule has 2 rings (SSSR count). The summed E-state index contributed by atoms with van der Waals surface area (Å²) in [4.78, 5) is 0. The molecule has 0 saturated carbocycles. The molecule has 2 aromatic rings. The molecule has 108 valence electrons. The molecule has 0 saturated heterocycles. The highest BCUT2D eigenvalue weighted by molar-refractivity contribution is 9.10. The Kier molecular flexibility index (Phi) is 5.68. The molecule has 3 nitrogen and oxygen atoms in total. The Balaban J connectivity index is 1.88. The molecule has 1 N–H and O–H groups in total. The van der Waals surface area contributed by atoms with Crippen molar-refractivity contribution in [1.82, 2.24) is 9.88 Å². The molecular weight excluding hydrogens is 316 g/mol. The van der Waals surface area contributed by atoms with Crippen molar-refractivity contribution < 1.29 is 4.74 Å². The molecule has 0 fully saturated rings.